The predicted octanol–water partition coefficient (Wildman–Crippen LogP) is 1.22. The Morgan fingerprint density at radius 3 is 3.00 bits per heavy atom. The second-order valence-electron chi connectivity index (χ2n) is 2.52. The summed E-state index contributed by atoms with van der Waals surface area (Å²) >= 11 is 0. The number of rotatable bonds is 1. The van der Waals surface area contributed by atoms with Gasteiger partial charge in [-0.2, -0.15) is 0 Å². The Morgan fingerprint density at radius 2 is 2.18 bits per heavy atom. The van der Waals surface area contributed by atoms with E-state index in [0.29, 0.717) is 6.54 Å². The number of hydrogen-bond donors (Lipinski definition) is 0. The number of para-hydroxylation sites is 1. The molecule has 1 aliphatic rings. The summed E-state index contributed by atoms with van der Waals surface area (Å²) in [6.07, 6.45) is 2.91. The number of fused-ring (bicyclic) bond motifs is 1. The number of carbonyl (C=O) groups is 1. The molecule has 0 atom stereocenters. The zero-order valence-electron chi connectivity index (χ0n) is 6.03. The van der Waals surface area contributed by atoms with Gasteiger partial charge in [0.1, 0.15) is 0 Å². The molecule has 2 rings (SSSR count). The molecule has 2 nitrogen and oxygen atoms in total. The van der Waals surface area contributed by atoms with Crippen LogP contribution in [-0.4, -0.2) is 13.0 Å². The zero-order valence-corrected chi connectivity index (χ0v) is 6.03. The van der Waals surface area contributed by atoms with Crippen LogP contribution >= 0.6 is 0 Å². The molecule has 0 spiro atoms. The topological polar surface area (TPSA) is 20.3 Å². The smallest absolute Gasteiger partial charge is 0.214 e. The summed E-state index contributed by atoms with van der Waals surface area (Å²) in [5.74, 6) is 0. The first kappa shape index (κ1) is 6.40. The van der Waals surface area contributed by atoms with Gasteiger partial charge in [0.2, 0.25) is 6.41 Å². The fourth-order valence-electron chi connectivity index (χ4n) is 1.32. The fraction of sp³-hybridized carbons (Fsp3) is 0.111. The molecule has 0 saturated carbocycles. The highest BCUT2D eigenvalue weighted by Crippen LogP contribution is 2.26. The zero-order chi connectivity index (χ0) is 7.68. The van der Waals surface area contributed by atoms with Crippen LogP contribution < -0.4 is 4.90 Å². The van der Waals surface area contributed by atoms with Crippen LogP contribution in [0.4, 0.5) is 5.69 Å². The molecule has 1 heterocycles. The first-order valence-corrected chi connectivity index (χ1v) is 3.56. The molecule has 1 amide bonds. The van der Waals surface area contributed by atoms with Crippen molar-refractivity contribution in [2.24, 2.45) is 0 Å². The van der Waals surface area contributed by atoms with Crippen molar-refractivity contribution in [1.29, 1.82) is 0 Å². The van der Waals surface area contributed by atoms with Crippen molar-refractivity contribution >= 4 is 12.1 Å². The Bertz CT molecular complexity index is 283. The van der Waals surface area contributed by atoms with Gasteiger partial charge in [0, 0.05) is 18.7 Å². The number of anilines is 1. The van der Waals surface area contributed by atoms with Crippen LogP contribution in [0.25, 0.3) is 0 Å². The first-order chi connectivity index (χ1) is 5.42. The van der Waals surface area contributed by atoms with Crippen molar-refractivity contribution in [2.75, 3.05) is 11.4 Å². The quantitative estimate of drug-likeness (QED) is 0.545. The van der Waals surface area contributed by atoms with Crippen molar-refractivity contribution in [3.05, 3.63) is 36.2 Å². The third-order valence-electron chi connectivity index (χ3n) is 1.88. The highest BCUT2D eigenvalue weighted by atomic mass is 16.1. The molecule has 1 radical (unpaired) electrons. The lowest BCUT2D eigenvalue weighted by Gasteiger charge is -2.08. The van der Waals surface area contributed by atoms with E-state index >= 15 is 0 Å². The standard InChI is InChI=1S/C9H8NO/c11-7-10-6-5-8-3-1-2-4-9(8)10/h1-5,7H,6H2. The molecule has 0 unspecified atom stereocenters. The van der Waals surface area contributed by atoms with Gasteiger partial charge < -0.3 is 4.90 Å². The van der Waals surface area contributed by atoms with Crippen molar-refractivity contribution in [3.63, 3.8) is 0 Å². The lowest BCUT2D eigenvalue weighted by molar-refractivity contribution is -0.107. The number of hydrogen-bond acceptors (Lipinski definition) is 1. The maximum Gasteiger partial charge on any atom is 0.214 e. The molecule has 1 aliphatic heterocycles. The van der Waals surface area contributed by atoms with Crippen LogP contribution in [-0.2, 0) is 4.79 Å². The number of amides is 1. The molecule has 55 valence electrons. The molecular weight excluding hydrogens is 138 g/mol. The summed E-state index contributed by atoms with van der Waals surface area (Å²) in [5.41, 5.74) is 2.17. The van der Waals surface area contributed by atoms with Crippen molar-refractivity contribution in [3.8, 4) is 0 Å². The summed E-state index contributed by atoms with van der Waals surface area (Å²) < 4.78 is 0. The molecule has 0 aromatic heterocycles. The Morgan fingerprint density at radius 1 is 1.36 bits per heavy atom. The average molecular weight is 146 g/mol. The lowest BCUT2D eigenvalue weighted by Crippen LogP contribution is -2.16. The Labute approximate surface area is 65.4 Å². The maximum absolute atomic E-state index is 10.5. The van der Waals surface area contributed by atoms with Gasteiger partial charge in [0.15, 0.2) is 0 Å². The van der Waals surface area contributed by atoms with E-state index in [1.165, 1.54) is 0 Å². The van der Waals surface area contributed by atoms with Crippen molar-refractivity contribution in [2.45, 2.75) is 0 Å². The van der Waals surface area contributed by atoms with Crippen LogP contribution in [0.1, 0.15) is 5.56 Å². The molecule has 0 bridgehead atoms. The van der Waals surface area contributed by atoms with Gasteiger partial charge in [-0.1, -0.05) is 18.2 Å². The predicted molar refractivity (Wildman–Crippen MR) is 43.3 cm³/mol. The normalized spacial score (nSPS) is 14.7. The average Bonchev–Trinajstić information content (AvgIpc) is 2.47. The Balaban J connectivity index is 2.46. The van der Waals surface area contributed by atoms with Gasteiger partial charge >= 0.3 is 0 Å². The van der Waals surface area contributed by atoms with Gasteiger partial charge in [-0.3, -0.25) is 4.79 Å². The fourth-order valence-corrected chi connectivity index (χ4v) is 1.32. The van der Waals surface area contributed by atoms with Crippen LogP contribution in [0, 0.1) is 6.42 Å². The van der Waals surface area contributed by atoms with Gasteiger partial charge in [0.05, 0.1) is 0 Å². The Kier molecular flexibility index (Phi) is 1.39. The van der Waals surface area contributed by atoms with Crippen molar-refractivity contribution < 1.29 is 4.79 Å². The van der Waals surface area contributed by atoms with Gasteiger partial charge in [-0.25, -0.2) is 0 Å². The first-order valence-electron chi connectivity index (χ1n) is 3.56. The van der Waals surface area contributed by atoms with Crippen molar-refractivity contribution in [1.82, 2.24) is 0 Å². The third kappa shape index (κ3) is 0.909. The molecule has 0 fully saturated rings. The number of carbonyl (C=O) groups excluding carboxylic acids is 1. The SMILES string of the molecule is O=CN1C[CH]c2ccccc21. The third-order valence-corrected chi connectivity index (χ3v) is 1.88. The number of nitrogens with zero attached hydrogens (tertiary/aromatic N) is 1. The van der Waals surface area contributed by atoms with Crippen LogP contribution in [0.2, 0.25) is 0 Å². The molecular formula is C9H8NO. The summed E-state index contributed by atoms with van der Waals surface area (Å²) in [7, 11) is 0. The van der Waals surface area contributed by atoms with Gasteiger partial charge in [0.25, 0.3) is 0 Å². The van der Waals surface area contributed by atoms with Crippen LogP contribution in [0.5, 0.6) is 0 Å². The largest absolute Gasteiger partial charge is 0.314 e. The van der Waals surface area contributed by atoms with Gasteiger partial charge in [-0.05, 0) is 11.6 Å². The highest BCUT2D eigenvalue weighted by molar-refractivity contribution is 5.81. The second-order valence-corrected chi connectivity index (χ2v) is 2.52. The molecule has 0 N–H and O–H groups in total. The molecule has 11 heavy (non-hydrogen) atoms. The summed E-state index contributed by atoms with van der Waals surface area (Å²) in [6.45, 7) is 0.711. The minimum atomic E-state index is 0.711. The minimum Gasteiger partial charge on any atom is -0.314 e. The molecule has 0 aliphatic carbocycles. The van der Waals surface area contributed by atoms with E-state index in [-0.39, 0.29) is 0 Å². The van der Waals surface area contributed by atoms with E-state index in [0.717, 1.165) is 17.7 Å². The molecule has 2 heteroatoms. The summed E-state index contributed by atoms with van der Waals surface area (Å²) in [5, 5.41) is 0. The van der Waals surface area contributed by atoms with E-state index in [1.54, 1.807) is 4.90 Å². The monoisotopic (exact) mass is 146 g/mol. The van der Waals surface area contributed by atoms with Crippen LogP contribution in [0.3, 0.4) is 0 Å². The number of benzene rings is 1. The summed E-state index contributed by atoms with van der Waals surface area (Å²) in [6, 6.07) is 7.88. The Hall–Kier alpha value is -1.31. The highest BCUT2D eigenvalue weighted by Gasteiger charge is 2.16. The molecule has 1 aromatic rings. The van der Waals surface area contributed by atoms with E-state index in [4.69, 9.17) is 0 Å². The van der Waals surface area contributed by atoms with Crippen LogP contribution in [0.15, 0.2) is 24.3 Å². The maximum atomic E-state index is 10.5. The van der Waals surface area contributed by atoms with E-state index < -0.39 is 0 Å². The summed E-state index contributed by atoms with van der Waals surface area (Å²) in [4.78, 5) is 12.2. The molecule has 0 saturated heterocycles. The minimum absolute atomic E-state index is 0.711. The van der Waals surface area contributed by atoms with E-state index in [1.807, 2.05) is 30.7 Å². The molecule has 1 aromatic carbocycles. The van der Waals surface area contributed by atoms with E-state index in [2.05, 4.69) is 0 Å². The second kappa shape index (κ2) is 2.38. The van der Waals surface area contributed by atoms with Gasteiger partial charge in [-0.15, -0.1) is 0 Å². The van der Waals surface area contributed by atoms with E-state index in [9.17, 15) is 4.79 Å². The lowest BCUT2D eigenvalue weighted by atomic mass is 10.2.